The van der Waals surface area contributed by atoms with Gasteiger partial charge in [-0.2, -0.15) is 0 Å². The number of carbonyl (C=O) groups excluding carboxylic acids is 2. The van der Waals surface area contributed by atoms with Crippen LogP contribution in [0.1, 0.15) is 35.8 Å². The van der Waals surface area contributed by atoms with E-state index >= 15 is 0 Å². The molecule has 2 aliphatic heterocycles. The molecule has 1 N–H and O–H groups in total. The summed E-state index contributed by atoms with van der Waals surface area (Å²) in [5.41, 5.74) is 1.21. The van der Waals surface area contributed by atoms with Crippen LogP contribution in [0, 0.1) is 0 Å². The second-order valence-corrected chi connectivity index (χ2v) is 8.91. The highest BCUT2D eigenvalue weighted by Gasteiger charge is 2.47. The number of ether oxygens (including phenoxy) is 2. The van der Waals surface area contributed by atoms with Crippen LogP contribution in [0.3, 0.4) is 0 Å². The Bertz CT molecular complexity index is 1190. The molecule has 33 heavy (non-hydrogen) atoms. The number of carbonyl (C=O) groups is 2. The maximum Gasteiger partial charge on any atom is 0.271 e. The zero-order chi connectivity index (χ0) is 23.0. The quantitative estimate of drug-likeness (QED) is 0.627. The predicted molar refractivity (Wildman–Crippen MR) is 123 cm³/mol. The van der Waals surface area contributed by atoms with Gasteiger partial charge < -0.3 is 24.3 Å². The molecule has 1 aromatic carbocycles. The highest BCUT2D eigenvalue weighted by molar-refractivity contribution is 6.03. The molecule has 0 saturated carbocycles. The average Bonchev–Trinajstić information content (AvgIpc) is 3.48. The van der Waals surface area contributed by atoms with E-state index in [4.69, 9.17) is 9.47 Å². The molecule has 1 fully saturated rings. The summed E-state index contributed by atoms with van der Waals surface area (Å²) >= 11 is 0. The number of aromatic nitrogens is 2. The van der Waals surface area contributed by atoms with Crippen molar-refractivity contribution < 1.29 is 19.1 Å². The van der Waals surface area contributed by atoms with Crippen LogP contribution in [-0.2, 0) is 22.6 Å². The Hall–Kier alpha value is -3.39. The molecule has 8 heteroatoms. The zero-order valence-electron chi connectivity index (χ0n) is 18.9. The smallest absolute Gasteiger partial charge is 0.271 e. The standard InChI is InChI=1S/C25H28N4O4/c1-25(24(31)27-14-20-6-4-10-33-20)16-28-21-12-19(32-2)8-7-18(21)11-22(28)23(30)29(25)15-17-5-3-9-26-13-17/h3,5,7-9,11-13,20H,4,6,10,14-16H2,1-2H3,(H,27,31)/t20-,25+/m0/s1. The molecule has 0 radical (unpaired) electrons. The molecule has 8 nitrogen and oxygen atoms in total. The molecule has 2 aliphatic rings. The minimum Gasteiger partial charge on any atom is -0.497 e. The van der Waals surface area contributed by atoms with Crippen molar-refractivity contribution in [3.63, 3.8) is 0 Å². The van der Waals surface area contributed by atoms with E-state index in [1.54, 1.807) is 24.4 Å². The van der Waals surface area contributed by atoms with Crippen molar-refractivity contribution in [2.24, 2.45) is 0 Å². The fourth-order valence-corrected chi connectivity index (χ4v) is 4.78. The van der Waals surface area contributed by atoms with Crippen molar-refractivity contribution in [1.82, 2.24) is 19.8 Å². The van der Waals surface area contributed by atoms with E-state index in [0.717, 1.165) is 35.9 Å². The molecule has 2 amide bonds. The van der Waals surface area contributed by atoms with Crippen molar-refractivity contribution in [1.29, 1.82) is 0 Å². The second kappa shape index (κ2) is 8.51. The lowest BCUT2D eigenvalue weighted by Crippen LogP contribution is -2.64. The molecular formula is C25H28N4O4. The van der Waals surface area contributed by atoms with Gasteiger partial charge in [-0.25, -0.2) is 0 Å². The monoisotopic (exact) mass is 448 g/mol. The molecule has 0 unspecified atom stereocenters. The molecule has 3 aromatic rings. The molecular weight excluding hydrogens is 420 g/mol. The summed E-state index contributed by atoms with van der Waals surface area (Å²) in [6.45, 7) is 3.63. The summed E-state index contributed by atoms with van der Waals surface area (Å²) in [4.78, 5) is 33.2. The van der Waals surface area contributed by atoms with Gasteiger partial charge in [0.2, 0.25) is 5.91 Å². The van der Waals surface area contributed by atoms with Gasteiger partial charge in [0, 0.05) is 43.5 Å². The van der Waals surface area contributed by atoms with Crippen LogP contribution in [0.5, 0.6) is 5.75 Å². The Morgan fingerprint density at radius 3 is 2.94 bits per heavy atom. The fourth-order valence-electron chi connectivity index (χ4n) is 4.78. The van der Waals surface area contributed by atoms with E-state index in [1.807, 2.05) is 47.9 Å². The predicted octanol–water partition coefficient (Wildman–Crippen LogP) is 2.75. The van der Waals surface area contributed by atoms with Gasteiger partial charge in [0.25, 0.3) is 5.91 Å². The maximum atomic E-state index is 13.8. The van der Waals surface area contributed by atoms with Crippen molar-refractivity contribution in [2.75, 3.05) is 20.3 Å². The van der Waals surface area contributed by atoms with Crippen LogP contribution < -0.4 is 10.1 Å². The molecule has 172 valence electrons. The third-order valence-corrected chi connectivity index (χ3v) is 6.70. The van der Waals surface area contributed by atoms with Crippen molar-refractivity contribution in [3.8, 4) is 5.75 Å². The van der Waals surface area contributed by atoms with Crippen molar-refractivity contribution >= 4 is 22.7 Å². The Kier molecular flexibility index (Phi) is 5.54. The molecule has 0 bridgehead atoms. The van der Waals surface area contributed by atoms with Gasteiger partial charge in [0.1, 0.15) is 17.0 Å². The number of hydrogen-bond donors (Lipinski definition) is 1. The number of benzene rings is 1. The highest BCUT2D eigenvalue weighted by Crippen LogP contribution is 2.34. The summed E-state index contributed by atoms with van der Waals surface area (Å²) in [7, 11) is 1.62. The van der Waals surface area contributed by atoms with Crippen LogP contribution in [0.25, 0.3) is 10.9 Å². The van der Waals surface area contributed by atoms with E-state index in [9.17, 15) is 9.59 Å². The number of rotatable bonds is 6. The van der Waals surface area contributed by atoms with Crippen LogP contribution >= 0.6 is 0 Å². The van der Waals surface area contributed by atoms with Crippen LogP contribution in [-0.4, -0.2) is 58.2 Å². The molecule has 2 atom stereocenters. The number of nitrogens with one attached hydrogen (secondary N) is 1. The minimum absolute atomic E-state index is 0.0239. The van der Waals surface area contributed by atoms with Crippen LogP contribution in [0.2, 0.25) is 0 Å². The number of hydrogen-bond acceptors (Lipinski definition) is 5. The number of fused-ring (bicyclic) bond motifs is 3. The Morgan fingerprint density at radius 1 is 1.33 bits per heavy atom. The van der Waals surface area contributed by atoms with Gasteiger partial charge in [-0.3, -0.25) is 14.6 Å². The van der Waals surface area contributed by atoms with Crippen LogP contribution in [0.4, 0.5) is 0 Å². The molecule has 0 aliphatic carbocycles. The summed E-state index contributed by atoms with van der Waals surface area (Å²) in [6, 6.07) is 11.4. The first kappa shape index (κ1) is 21.5. The summed E-state index contributed by atoms with van der Waals surface area (Å²) in [5.74, 6) is 0.332. The zero-order valence-corrected chi connectivity index (χ0v) is 18.9. The summed E-state index contributed by atoms with van der Waals surface area (Å²) < 4.78 is 13.0. The van der Waals surface area contributed by atoms with Gasteiger partial charge in [0.15, 0.2) is 0 Å². The second-order valence-electron chi connectivity index (χ2n) is 8.91. The number of methoxy groups -OCH3 is 1. The Morgan fingerprint density at radius 2 is 2.21 bits per heavy atom. The average molecular weight is 449 g/mol. The van der Waals surface area contributed by atoms with Crippen LogP contribution in [0.15, 0.2) is 48.8 Å². The van der Waals surface area contributed by atoms with Gasteiger partial charge in [-0.1, -0.05) is 6.07 Å². The third kappa shape index (κ3) is 3.84. The Labute approximate surface area is 192 Å². The summed E-state index contributed by atoms with van der Waals surface area (Å²) in [5, 5.41) is 3.99. The lowest BCUT2D eigenvalue weighted by Gasteiger charge is -2.44. The van der Waals surface area contributed by atoms with Gasteiger partial charge in [-0.05, 0) is 49.6 Å². The molecule has 4 heterocycles. The third-order valence-electron chi connectivity index (χ3n) is 6.70. The van der Waals surface area contributed by atoms with Gasteiger partial charge in [0.05, 0.1) is 25.3 Å². The fraction of sp³-hybridized carbons (Fsp3) is 0.400. The largest absolute Gasteiger partial charge is 0.497 e. The maximum absolute atomic E-state index is 13.8. The van der Waals surface area contributed by atoms with Crippen molar-refractivity contribution in [3.05, 3.63) is 60.0 Å². The van der Waals surface area contributed by atoms with E-state index in [1.165, 1.54) is 0 Å². The first-order chi connectivity index (χ1) is 16.0. The topological polar surface area (TPSA) is 85.7 Å². The number of nitrogens with zero attached hydrogens (tertiary/aromatic N) is 3. The first-order valence-electron chi connectivity index (χ1n) is 11.3. The molecule has 5 rings (SSSR count). The lowest BCUT2D eigenvalue weighted by molar-refractivity contribution is -0.133. The molecule has 0 spiro atoms. The van der Waals surface area contributed by atoms with Gasteiger partial charge in [-0.15, -0.1) is 0 Å². The van der Waals surface area contributed by atoms with Gasteiger partial charge >= 0.3 is 0 Å². The number of pyridine rings is 1. The Balaban J connectivity index is 1.53. The van der Waals surface area contributed by atoms with Crippen molar-refractivity contribution in [2.45, 2.75) is 44.5 Å². The van der Waals surface area contributed by atoms with E-state index in [-0.39, 0.29) is 17.9 Å². The summed E-state index contributed by atoms with van der Waals surface area (Å²) in [6.07, 6.45) is 5.38. The minimum atomic E-state index is -1.09. The number of amides is 2. The van der Waals surface area contributed by atoms with E-state index < -0.39 is 5.54 Å². The normalized spacial score (nSPS) is 22.4. The first-order valence-corrected chi connectivity index (χ1v) is 11.3. The van der Waals surface area contributed by atoms with E-state index in [2.05, 4.69) is 10.3 Å². The SMILES string of the molecule is COc1ccc2cc3n(c2c1)C[C@](C)(C(=O)NC[C@@H]1CCCO1)N(Cc1cccnc1)C3=O. The molecule has 2 aromatic heterocycles. The lowest BCUT2D eigenvalue weighted by atomic mass is 9.94. The molecule has 1 saturated heterocycles. The highest BCUT2D eigenvalue weighted by atomic mass is 16.5. The van der Waals surface area contributed by atoms with E-state index in [0.29, 0.717) is 31.1 Å².